The molecule has 0 aliphatic carbocycles. The summed E-state index contributed by atoms with van der Waals surface area (Å²) >= 11 is 2.04. The standard InChI is InChI=1S/C40H86O6SSi2/c1-9-17-25-33-41-48(42-34-26-18-10-2,43-35-27-19-11-3)39(31-23-15-7)47-40(32-24-16-8)49(44-36-28-20-12-4,45-37-29-21-13-5)46-38-30-22-14-6/h39-40H,9-38H2,1-8H3. The summed E-state index contributed by atoms with van der Waals surface area (Å²) in [6, 6.07) is 0. The lowest BCUT2D eigenvalue weighted by Gasteiger charge is -2.41. The molecule has 0 aromatic carbocycles. The molecule has 0 heterocycles. The number of rotatable bonds is 40. The van der Waals surface area contributed by atoms with Crippen LogP contribution in [0.2, 0.25) is 0 Å². The molecule has 0 saturated carbocycles. The highest BCUT2D eigenvalue weighted by Crippen LogP contribution is 2.40. The first kappa shape index (κ1) is 49.5. The van der Waals surface area contributed by atoms with Gasteiger partial charge >= 0.3 is 17.6 Å². The molecule has 0 aromatic rings. The van der Waals surface area contributed by atoms with Gasteiger partial charge in [-0.1, -0.05) is 158 Å². The third-order valence-electron chi connectivity index (χ3n) is 9.06. The lowest BCUT2D eigenvalue weighted by molar-refractivity contribution is 0.0511. The summed E-state index contributed by atoms with van der Waals surface area (Å²) in [4.78, 5) is 0.257. The Kier molecular flexibility index (Phi) is 36.0. The van der Waals surface area contributed by atoms with Crippen molar-refractivity contribution in [3.8, 4) is 0 Å². The molecule has 0 radical (unpaired) electrons. The van der Waals surface area contributed by atoms with Crippen molar-refractivity contribution in [1.82, 2.24) is 0 Å². The molecule has 2 atom stereocenters. The maximum absolute atomic E-state index is 7.08. The first-order chi connectivity index (χ1) is 24.0. The van der Waals surface area contributed by atoms with E-state index in [1.807, 2.05) is 11.8 Å². The third kappa shape index (κ3) is 23.7. The molecule has 0 aliphatic rings. The van der Waals surface area contributed by atoms with Crippen molar-refractivity contribution < 1.29 is 26.6 Å². The van der Waals surface area contributed by atoms with Crippen LogP contribution in [0.15, 0.2) is 0 Å². The molecule has 0 aliphatic heterocycles. The number of unbranched alkanes of at least 4 members (excludes halogenated alkanes) is 14. The molecular weight excluding hydrogens is 665 g/mol. The first-order valence-corrected chi connectivity index (χ1v) is 26.0. The van der Waals surface area contributed by atoms with Crippen molar-refractivity contribution >= 4 is 29.4 Å². The van der Waals surface area contributed by atoms with Gasteiger partial charge in [0.25, 0.3) is 0 Å². The zero-order chi connectivity index (χ0) is 36.3. The van der Waals surface area contributed by atoms with Gasteiger partial charge in [-0.3, -0.25) is 0 Å². The second-order valence-electron chi connectivity index (χ2n) is 13.9. The van der Waals surface area contributed by atoms with Crippen molar-refractivity contribution in [2.75, 3.05) is 39.6 Å². The van der Waals surface area contributed by atoms with Gasteiger partial charge in [0, 0.05) is 39.6 Å². The molecule has 0 aromatic heterocycles. The zero-order valence-corrected chi connectivity index (χ0v) is 37.0. The molecular formula is C40H86O6SSi2. The normalized spacial score (nSPS) is 13.7. The highest BCUT2D eigenvalue weighted by molar-refractivity contribution is 8.03. The van der Waals surface area contributed by atoms with E-state index in [2.05, 4.69) is 55.4 Å². The van der Waals surface area contributed by atoms with E-state index in [1.165, 1.54) is 77.0 Å². The number of thioether (sulfide) groups is 1. The van der Waals surface area contributed by atoms with Crippen LogP contribution in [0.5, 0.6) is 0 Å². The molecule has 49 heavy (non-hydrogen) atoms. The van der Waals surface area contributed by atoms with Gasteiger partial charge < -0.3 is 26.6 Å². The maximum atomic E-state index is 7.08. The summed E-state index contributed by atoms with van der Waals surface area (Å²) in [5, 5.41) is 0. The summed E-state index contributed by atoms with van der Waals surface area (Å²) in [5.41, 5.74) is 0. The first-order valence-electron chi connectivity index (χ1n) is 21.5. The molecule has 6 nitrogen and oxygen atoms in total. The van der Waals surface area contributed by atoms with Crippen LogP contribution >= 0.6 is 11.8 Å². The molecule has 0 bridgehead atoms. The van der Waals surface area contributed by atoms with E-state index in [1.54, 1.807) is 0 Å². The number of hydrogen-bond donors (Lipinski definition) is 0. The predicted molar refractivity (Wildman–Crippen MR) is 219 cm³/mol. The van der Waals surface area contributed by atoms with E-state index in [0.717, 1.165) is 77.0 Å². The van der Waals surface area contributed by atoms with E-state index in [4.69, 9.17) is 26.6 Å². The Bertz CT molecular complexity index is 560. The van der Waals surface area contributed by atoms with Crippen LogP contribution in [0.25, 0.3) is 0 Å². The van der Waals surface area contributed by atoms with E-state index < -0.39 is 17.6 Å². The Labute approximate surface area is 313 Å². The lowest BCUT2D eigenvalue weighted by Crippen LogP contribution is -2.60. The minimum absolute atomic E-state index is 0.129. The van der Waals surface area contributed by atoms with Gasteiger partial charge in [0.2, 0.25) is 0 Å². The summed E-state index contributed by atoms with van der Waals surface area (Å²) in [7, 11) is -6.21. The fourth-order valence-corrected chi connectivity index (χ4v) is 16.1. The van der Waals surface area contributed by atoms with Gasteiger partial charge in [-0.25, -0.2) is 0 Å². The maximum Gasteiger partial charge on any atom is 0.514 e. The van der Waals surface area contributed by atoms with Gasteiger partial charge in [0.15, 0.2) is 0 Å². The van der Waals surface area contributed by atoms with Crippen molar-refractivity contribution in [2.45, 2.75) is 219 Å². The van der Waals surface area contributed by atoms with E-state index in [9.17, 15) is 0 Å². The van der Waals surface area contributed by atoms with Gasteiger partial charge in [-0.05, 0) is 51.4 Å². The average molecular weight is 751 g/mol. The fourth-order valence-electron chi connectivity index (χ4n) is 5.84. The summed E-state index contributed by atoms with van der Waals surface area (Å²) < 4.78 is 42.5. The monoisotopic (exact) mass is 751 g/mol. The molecule has 2 unspecified atom stereocenters. The van der Waals surface area contributed by atoms with Crippen LogP contribution in [0.1, 0.15) is 209 Å². The second kappa shape index (κ2) is 35.6. The Hall–Kier alpha value is 0.544. The van der Waals surface area contributed by atoms with Crippen molar-refractivity contribution in [3.63, 3.8) is 0 Å². The van der Waals surface area contributed by atoms with E-state index in [0.29, 0.717) is 39.6 Å². The average Bonchev–Trinajstić information content (AvgIpc) is 3.11. The highest BCUT2D eigenvalue weighted by atomic mass is 32.2. The second-order valence-corrected chi connectivity index (χ2v) is 21.7. The minimum Gasteiger partial charge on any atom is -0.373 e. The van der Waals surface area contributed by atoms with Crippen molar-refractivity contribution in [3.05, 3.63) is 0 Å². The molecule has 9 heteroatoms. The lowest BCUT2D eigenvalue weighted by atomic mass is 10.3. The third-order valence-corrected chi connectivity index (χ3v) is 18.5. The predicted octanol–water partition coefficient (Wildman–Crippen LogP) is 13.0. The molecule has 0 spiro atoms. The minimum atomic E-state index is -3.11. The van der Waals surface area contributed by atoms with Crippen LogP contribution in [-0.2, 0) is 26.6 Å². The molecule has 0 N–H and O–H groups in total. The van der Waals surface area contributed by atoms with E-state index >= 15 is 0 Å². The van der Waals surface area contributed by atoms with Crippen LogP contribution in [-0.4, -0.2) is 67.0 Å². The van der Waals surface area contributed by atoms with Gasteiger partial charge in [0.1, 0.15) is 0 Å². The number of hydrogen-bond acceptors (Lipinski definition) is 7. The van der Waals surface area contributed by atoms with Crippen molar-refractivity contribution in [1.29, 1.82) is 0 Å². The Morgan fingerprint density at radius 2 is 0.510 bits per heavy atom. The largest absolute Gasteiger partial charge is 0.514 e. The smallest absolute Gasteiger partial charge is 0.373 e. The van der Waals surface area contributed by atoms with Crippen LogP contribution < -0.4 is 0 Å². The van der Waals surface area contributed by atoms with Crippen LogP contribution in [0.4, 0.5) is 0 Å². The van der Waals surface area contributed by atoms with Crippen LogP contribution in [0.3, 0.4) is 0 Å². The Balaban J connectivity index is 7.00. The zero-order valence-electron chi connectivity index (χ0n) is 34.2. The molecule has 296 valence electrons. The van der Waals surface area contributed by atoms with Crippen LogP contribution in [0, 0.1) is 0 Å². The molecule has 0 fully saturated rings. The fraction of sp³-hybridized carbons (Fsp3) is 1.00. The quantitative estimate of drug-likeness (QED) is 0.0456. The Morgan fingerprint density at radius 3 is 0.694 bits per heavy atom. The summed E-state index contributed by atoms with van der Waals surface area (Å²) in [6.07, 6.45) is 26.9. The molecule has 0 rings (SSSR count). The Morgan fingerprint density at radius 1 is 0.306 bits per heavy atom. The topological polar surface area (TPSA) is 55.4 Å². The highest BCUT2D eigenvalue weighted by Gasteiger charge is 2.56. The summed E-state index contributed by atoms with van der Waals surface area (Å²) in [6.45, 7) is 22.4. The van der Waals surface area contributed by atoms with Crippen molar-refractivity contribution in [2.24, 2.45) is 0 Å². The van der Waals surface area contributed by atoms with Gasteiger partial charge in [-0.15, -0.1) is 11.8 Å². The van der Waals surface area contributed by atoms with E-state index in [-0.39, 0.29) is 9.75 Å². The molecule has 0 saturated heterocycles. The SMILES string of the molecule is CCCCCO[Si](OCCCCC)(OCCCCC)C(CCCC)SC(CCCC)[Si](OCCCCC)(OCCCCC)OCCCCC. The molecule has 0 amide bonds. The summed E-state index contributed by atoms with van der Waals surface area (Å²) in [5.74, 6) is 0. The van der Waals surface area contributed by atoms with Gasteiger partial charge in [0.05, 0.1) is 9.75 Å². The van der Waals surface area contributed by atoms with Gasteiger partial charge in [-0.2, -0.15) is 0 Å².